The summed E-state index contributed by atoms with van der Waals surface area (Å²) < 4.78 is 34.0. The normalized spacial score (nSPS) is 18.9. The Labute approximate surface area is 227 Å². The zero-order valence-corrected chi connectivity index (χ0v) is 22.6. The van der Waals surface area contributed by atoms with Gasteiger partial charge >= 0.3 is 5.97 Å². The summed E-state index contributed by atoms with van der Waals surface area (Å²) in [5.41, 5.74) is 1.38. The van der Waals surface area contributed by atoms with Gasteiger partial charge in [0.15, 0.2) is 0 Å². The Morgan fingerprint density at radius 3 is 2.76 bits per heavy atom. The lowest BCUT2D eigenvalue weighted by Gasteiger charge is -2.39. The Morgan fingerprint density at radius 2 is 2.00 bits per heavy atom. The van der Waals surface area contributed by atoms with Gasteiger partial charge in [-0.15, -0.1) is 11.8 Å². The number of alkyl halides is 1. The summed E-state index contributed by atoms with van der Waals surface area (Å²) >= 11 is 1.72. The predicted molar refractivity (Wildman–Crippen MR) is 148 cm³/mol. The van der Waals surface area contributed by atoms with Crippen molar-refractivity contribution in [3.05, 3.63) is 66.1 Å². The van der Waals surface area contributed by atoms with Crippen molar-refractivity contribution in [1.29, 1.82) is 0 Å². The van der Waals surface area contributed by atoms with Crippen LogP contribution in [0.1, 0.15) is 50.3 Å². The molecule has 1 saturated heterocycles. The highest BCUT2D eigenvalue weighted by atomic mass is 32.2. The first-order valence-electron chi connectivity index (χ1n) is 13.3. The van der Waals surface area contributed by atoms with Crippen LogP contribution in [0.4, 0.5) is 8.78 Å². The van der Waals surface area contributed by atoms with Crippen LogP contribution in [0.3, 0.4) is 0 Å². The molecular formula is C30H36F2N2O3S. The van der Waals surface area contributed by atoms with Crippen molar-refractivity contribution < 1.29 is 23.4 Å². The number of nitrogens with zero attached hydrogens (tertiary/aromatic N) is 2. The van der Waals surface area contributed by atoms with Crippen LogP contribution >= 0.6 is 11.8 Å². The topological polar surface area (TPSA) is 62.7 Å². The van der Waals surface area contributed by atoms with E-state index in [1.54, 1.807) is 43.3 Å². The fourth-order valence-corrected chi connectivity index (χ4v) is 6.28. The van der Waals surface area contributed by atoms with Crippen LogP contribution in [-0.4, -0.2) is 53.5 Å². The molecule has 0 aliphatic carbocycles. The lowest BCUT2D eigenvalue weighted by atomic mass is 9.79. The fourth-order valence-electron chi connectivity index (χ4n) is 5.45. The number of pyridine rings is 1. The van der Waals surface area contributed by atoms with E-state index in [1.807, 2.05) is 18.2 Å². The molecule has 0 bridgehead atoms. The molecule has 38 heavy (non-hydrogen) atoms. The van der Waals surface area contributed by atoms with Crippen molar-refractivity contribution in [1.82, 2.24) is 9.88 Å². The highest BCUT2D eigenvalue weighted by Gasteiger charge is 2.30. The Balaban J connectivity index is 1.31. The molecule has 1 fully saturated rings. The number of thioether (sulfide) groups is 1. The molecule has 1 aliphatic rings. The van der Waals surface area contributed by atoms with E-state index < -0.39 is 12.1 Å². The Hall–Kier alpha value is -2.71. The molecule has 0 amide bonds. The number of halogens is 2. The number of piperidine rings is 1. The summed E-state index contributed by atoms with van der Waals surface area (Å²) in [5.74, 6) is 1.16. The average Bonchev–Trinajstić information content (AvgIpc) is 2.93. The minimum absolute atomic E-state index is 0.142. The number of aliphatic carboxylic acids is 1. The largest absolute Gasteiger partial charge is 0.497 e. The van der Waals surface area contributed by atoms with Crippen LogP contribution in [0, 0.1) is 17.7 Å². The maximum Gasteiger partial charge on any atom is 0.303 e. The van der Waals surface area contributed by atoms with Crippen LogP contribution < -0.4 is 4.74 Å². The quantitative estimate of drug-likeness (QED) is 0.183. The second kappa shape index (κ2) is 13.9. The minimum atomic E-state index is -1.12. The van der Waals surface area contributed by atoms with Crippen molar-refractivity contribution in [2.45, 2.75) is 49.6 Å². The Bertz CT molecular complexity index is 1190. The number of ether oxygens (including phenoxy) is 1. The van der Waals surface area contributed by atoms with E-state index in [0.717, 1.165) is 60.4 Å². The molecule has 1 aliphatic heterocycles. The van der Waals surface area contributed by atoms with E-state index in [4.69, 9.17) is 4.74 Å². The van der Waals surface area contributed by atoms with E-state index in [0.29, 0.717) is 30.1 Å². The predicted octanol–water partition coefficient (Wildman–Crippen LogP) is 7.16. The molecule has 5 nitrogen and oxygen atoms in total. The Morgan fingerprint density at radius 1 is 1.18 bits per heavy atom. The van der Waals surface area contributed by atoms with Gasteiger partial charge in [0.05, 0.1) is 12.6 Å². The molecule has 204 valence electrons. The third kappa shape index (κ3) is 7.90. The highest BCUT2D eigenvalue weighted by Crippen LogP contribution is 2.36. The molecular weight excluding hydrogens is 506 g/mol. The first-order chi connectivity index (χ1) is 18.4. The van der Waals surface area contributed by atoms with E-state index in [9.17, 15) is 14.3 Å². The molecule has 3 aromatic rings. The summed E-state index contributed by atoms with van der Waals surface area (Å²) in [4.78, 5) is 19.2. The van der Waals surface area contributed by atoms with Gasteiger partial charge in [-0.1, -0.05) is 0 Å². The van der Waals surface area contributed by atoms with Gasteiger partial charge in [0.1, 0.15) is 17.7 Å². The molecule has 2 heterocycles. The van der Waals surface area contributed by atoms with E-state index >= 15 is 4.39 Å². The van der Waals surface area contributed by atoms with E-state index in [-0.39, 0.29) is 18.2 Å². The van der Waals surface area contributed by atoms with Gasteiger partial charge in [-0.2, -0.15) is 0 Å². The van der Waals surface area contributed by atoms with Gasteiger partial charge in [0.2, 0.25) is 0 Å². The second-order valence-electron chi connectivity index (χ2n) is 10.0. The molecule has 3 atom stereocenters. The zero-order valence-electron chi connectivity index (χ0n) is 21.8. The second-order valence-corrected chi connectivity index (χ2v) is 11.2. The lowest BCUT2D eigenvalue weighted by molar-refractivity contribution is -0.137. The summed E-state index contributed by atoms with van der Waals surface area (Å²) in [7, 11) is 1.60. The van der Waals surface area contributed by atoms with Gasteiger partial charge < -0.3 is 14.7 Å². The van der Waals surface area contributed by atoms with Gasteiger partial charge in [-0.3, -0.25) is 9.78 Å². The monoisotopic (exact) mass is 542 g/mol. The molecule has 1 aromatic heterocycles. The van der Waals surface area contributed by atoms with Crippen LogP contribution in [0.5, 0.6) is 5.75 Å². The number of rotatable bonds is 13. The first-order valence-corrected chi connectivity index (χ1v) is 14.3. The van der Waals surface area contributed by atoms with Crippen molar-refractivity contribution in [3.8, 4) is 5.75 Å². The SMILES string of the molecule is COc1ccc2nccc(C(F)CC[C@@H]3CCN(CCCSc4ccc(F)cc4)C[C@@H]3CCC(=O)O)c2c1. The fraction of sp³-hybridized carbons (Fsp3) is 0.467. The van der Waals surface area contributed by atoms with Gasteiger partial charge in [-0.25, -0.2) is 8.78 Å². The first kappa shape index (κ1) is 28.3. The molecule has 2 aromatic carbocycles. The van der Waals surface area contributed by atoms with Gasteiger partial charge in [0.25, 0.3) is 0 Å². The number of likely N-dealkylation sites (tertiary alicyclic amines) is 1. The third-order valence-electron chi connectivity index (χ3n) is 7.52. The number of fused-ring (bicyclic) bond motifs is 1. The molecule has 0 spiro atoms. The molecule has 0 saturated carbocycles. The molecule has 1 unspecified atom stereocenters. The number of carboxylic acids is 1. The molecule has 0 radical (unpaired) electrons. The average molecular weight is 543 g/mol. The standard InChI is InChI=1S/C30H36F2N2O3S/c1-37-24-7-11-29-27(19-24)26(13-15-33-29)28(32)10-3-21-14-17-34(20-22(21)4-12-30(35)36)16-2-18-38-25-8-5-23(31)6-9-25/h5-9,11,13,15,19,21-22,28H,2-4,10,12,14,16-18,20H2,1H3,(H,35,36)/t21-,22+,28?/m1/s1. The number of benzene rings is 2. The smallest absolute Gasteiger partial charge is 0.303 e. The van der Waals surface area contributed by atoms with Crippen LogP contribution in [0.25, 0.3) is 10.9 Å². The van der Waals surface area contributed by atoms with Crippen molar-refractivity contribution in [2.75, 3.05) is 32.5 Å². The van der Waals surface area contributed by atoms with Gasteiger partial charge in [0, 0.05) is 29.4 Å². The van der Waals surface area contributed by atoms with Crippen molar-refractivity contribution >= 4 is 28.6 Å². The van der Waals surface area contributed by atoms with Crippen LogP contribution in [-0.2, 0) is 4.79 Å². The summed E-state index contributed by atoms with van der Waals surface area (Å²) in [6, 6.07) is 13.8. The summed E-state index contributed by atoms with van der Waals surface area (Å²) in [6.07, 6.45) is 4.38. The number of carbonyl (C=O) groups is 1. The lowest BCUT2D eigenvalue weighted by Crippen LogP contribution is -2.41. The Kier molecular flexibility index (Phi) is 10.4. The van der Waals surface area contributed by atoms with E-state index in [2.05, 4.69) is 9.88 Å². The molecule has 8 heteroatoms. The van der Waals surface area contributed by atoms with Crippen molar-refractivity contribution in [2.24, 2.45) is 11.8 Å². The maximum absolute atomic E-state index is 15.5. The third-order valence-corrected chi connectivity index (χ3v) is 8.61. The highest BCUT2D eigenvalue weighted by molar-refractivity contribution is 7.99. The number of carboxylic acid groups (broad SMARTS) is 1. The summed E-state index contributed by atoms with van der Waals surface area (Å²) in [6.45, 7) is 2.74. The van der Waals surface area contributed by atoms with Gasteiger partial charge in [-0.05, 0) is 117 Å². The summed E-state index contributed by atoms with van der Waals surface area (Å²) in [5, 5.41) is 10.1. The number of hydrogen-bond donors (Lipinski definition) is 1. The minimum Gasteiger partial charge on any atom is -0.497 e. The van der Waals surface area contributed by atoms with Crippen molar-refractivity contribution in [3.63, 3.8) is 0 Å². The molecule has 4 rings (SSSR count). The number of methoxy groups -OCH3 is 1. The molecule has 1 N–H and O–H groups in total. The zero-order chi connectivity index (χ0) is 26.9. The van der Waals surface area contributed by atoms with E-state index in [1.165, 1.54) is 12.1 Å². The maximum atomic E-state index is 15.5. The van der Waals surface area contributed by atoms with Crippen LogP contribution in [0.15, 0.2) is 59.6 Å². The van der Waals surface area contributed by atoms with Crippen LogP contribution in [0.2, 0.25) is 0 Å². The number of aromatic nitrogens is 1. The number of hydrogen-bond acceptors (Lipinski definition) is 5.